The van der Waals surface area contributed by atoms with E-state index in [0.717, 1.165) is 18.4 Å². The molecule has 0 bridgehead atoms. The molecule has 3 rings (SSSR count). The number of nitrogens with one attached hydrogen (secondary N) is 2. The third-order valence-electron chi connectivity index (χ3n) is 5.06. The van der Waals surface area contributed by atoms with Gasteiger partial charge in [0.1, 0.15) is 5.75 Å². The first-order valence-corrected chi connectivity index (χ1v) is 8.61. The van der Waals surface area contributed by atoms with E-state index in [9.17, 15) is 13.6 Å². The van der Waals surface area contributed by atoms with Crippen LogP contribution in [0.15, 0.2) is 18.2 Å². The topological polar surface area (TPSA) is 50.4 Å². The van der Waals surface area contributed by atoms with E-state index in [0.29, 0.717) is 17.5 Å². The molecule has 132 valence electrons. The van der Waals surface area contributed by atoms with E-state index in [1.165, 1.54) is 25.3 Å². The van der Waals surface area contributed by atoms with Crippen molar-refractivity contribution in [1.29, 1.82) is 0 Å². The molecule has 0 spiro atoms. The highest BCUT2D eigenvalue weighted by atomic mass is 19.3. The second kappa shape index (κ2) is 7.47. The summed E-state index contributed by atoms with van der Waals surface area (Å²) in [6.45, 7) is -0.807. The average molecular weight is 338 g/mol. The van der Waals surface area contributed by atoms with Crippen molar-refractivity contribution in [3.8, 4) is 5.75 Å². The molecule has 3 atom stereocenters. The van der Waals surface area contributed by atoms with Crippen LogP contribution in [-0.4, -0.2) is 24.6 Å². The Balaban J connectivity index is 1.59. The zero-order valence-electron chi connectivity index (χ0n) is 13.9. The average Bonchev–Trinajstić information content (AvgIpc) is 2.98. The van der Waals surface area contributed by atoms with Crippen molar-refractivity contribution in [2.75, 3.05) is 0 Å². The number of hydrogen-bond acceptors (Lipinski definition) is 3. The highest BCUT2D eigenvalue weighted by Crippen LogP contribution is 2.33. The van der Waals surface area contributed by atoms with Gasteiger partial charge in [0.15, 0.2) is 0 Å². The Morgan fingerprint density at radius 1 is 1.38 bits per heavy atom. The molecule has 6 heteroatoms. The molecule has 1 aliphatic carbocycles. The minimum absolute atomic E-state index is 0.0612. The third kappa shape index (κ3) is 4.04. The second-order valence-corrected chi connectivity index (χ2v) is 6.81. The summed E-state index contributed by atoms with van der Waals surface area (Å²) < 4.78 is 29.5. The summed E-state index contributed by atoms with van der Waals surface area (Å²) >= 11 is 0. The smallest absolute Gasteiger partial charge is 0.387 e. The predicted molar refractivity (Wildman–Crippen MR) is 86.9 cm³/mol. The summed E-state index contributed by atoms with van der Waals surface area (Å²) in [7, 11) is 0. The lowest BCUT2D eigenvalue weighted by molar-refractivity contribution is -0.123. The number of halogens is 2. The first kappa shape index (κ1) is 17.1. The molecule has 0 radical (unpaired) electrons. The van der Waals surface area contributed by atoms with Crippen molar-refractivity contribution < 1.29 is 18.3 Å². The van der Waals surface area contributed by atoms with Crippen LogP contribution in [-0.2, 0) is 11.3 Å². The molecule has 1 aliphatic heterocycles. The molecule has 1 saturated carbocycles. The van der Waals surface area contributed by atoms with Crippen LogP contribution in [0.3, 0.4) is 0 Å². The largest absolute Gasteiger partial charge is 0.434 e. The lowest BCUT2D eigenvalue weighted by atomic mass is 9.85. The summed E-state index contributed by atoms with van der Waals surface area (Å²) in [4.78, 5) is 12.4. The molecule has 1 aromatic carbocycles. The predicted octanol–water partition coefficient (Wildman–Crippen LogP) is 3.13. The van der Waals surface area contributed by atoms with E-state index in [1.54, 1.807) is 12.1 Å². The lowest BCUT2D eigenvalue weighted by Gasteiger charge is -2.24. The Kier molecular flexibility index (Phi) is 5.33. The molecule has 0 aromatic heterocycles. The number of fused-ring (bicyclic) bond motifs is 1. The number of ether oxygens (including phenoxy) is 1. The van der Waals surface area contributed by atoms with Gasteiger partial charge in [-0.05, 0) is 38.2 Å². The van der Waals surface area contributed by atoms with E-state index in [-0.39, 0.29) is 24.2 Å². The van der Waals surface area contributed by atoms with E-state index in [4.69, 9.17) is 0 Å². The molecule has 1 amide bonds. The van der Waals surface area contributed by atoms with Gasteiger partial charge in [-0.3, -0.25) is 4.79 Å². The first-order chi connectivity index (χ1) is 11.5. The van der Waals surface area contributed by atoms with Gasteiger partial charge in [0.05, 0.1) is 6.04 Å². The summed E-state index contributed by atoms with van der Waals surface area (Å²) in [6.07, 6.45) is 5.66. The van der Waals surface area contributed by atoms with Crippen molar-refractivity contribution in [2.45, 2.75) is 64.3 Å². The highest BCUT2D eigenvalue weighted by Gasteiger charge is 2.38. The maximum Gasteiger partial charge on any atom is 0.387 e. The molecule has 1 aromatic rings. The zero-order chi connectivity index (χ0) is 17.1. The van der Waals surface area contributed by atoms with Gasteiger partial charge in [-0.25, -0.2) is 0 Å². The molecular formula is C18H24F2N2O2. The summed E-state index contributed by atoms with van der Waals surface area (Å²) in [5.74, 6) is 0.643. The number of alkyl halides is 2. The first-order valence-electron chi connectivity index (χ1n) is 8.61. The number of rotatable bonds is 5. The van der Waals surface area contributed by atoms with Crippen LogP contribution in [0.4, 0.5) is 8.78 Å². The summed E-state index contributed by atoms with van der Waals surface area (Å²) in [5.41, 5.74) is 1.50. The van der Waals surface area contributed by atoms with E-state index in [2.05, 4.69) is 15.4 Å². The van der Waals surface area contributed by atoms with E-state index >= 15 is 0 Å². The molecular weight excluding hydrogens is 314 g/mol. The van der Waals surface area contributed by atoms with Crippen LogP contribution in [0, 0.1) is 12.8 Å². The number of amides is 1. The van der Waals surface area contributed by atoms with Gasteiger partial charge in [-0.15, -0.1) is 0 Å². The fourth-order valence-corrected chi connectivity index (χ4v) is 3.88. The van der Waals surface area contributed by atoms with E-state index < -0.39 is 6.61 Å². The summed E-state index contributed by atoms with van der Waals surface area (Å²) in [6, 6.07) is 5.27. The molecule has 4 nitrogen and oxygen atoms in total. The Hall–Kier alpha value is -1.69. The standard InChI is InChI=1S/C18H24F2N2O2/c1-11-6-7-16(24-18(19)20)13(8-11)10-21-17(23)15-9-12-4-2-3-5-14(12)22-15/h6-8,12,14-15,18,22H,2-5,9-10H2,1H3,(H,21,23). The van der Waals surface area contributed by atoms with Gasteiger partial charge >= 0.3 is 6.61 Å². The van der Waals surface area contributed by atoms with Gasteiger partial charge in [0.25, 0.3) is 0 Å². The third-order valence-corrected chi connectivity index (χ3v) is 5.06. The Bertz CT molecular complexity index is 580. The molecule has 2 aliphatic rings. The zero-order valence-corrected chi connectivity index (χ0v) is 13.9. The monoisotopic (exact) mass is 338 g/mol. The molecule has 3 unspecified atom stereocenters. The van der Waals surface area contributed by atoms with Crippen molar-refractivity contribution in [1.82, 2.24) is 10.6 Å². The fraction of sp³-hybridized carbons (Fsp3) is 0.611. The van der Waals surface area contributed by atoms with Crippen LogP contribution >= 0.6 is 0 Å². The molecule has 1 saturated heterocycles. The van der Waals surface area contributed by atoms with Gasteiger partial charge in [0, 0.05) is 18.2 Å². The fourth-order valence-electron chi connectivity index (χ4n) is 3.88. The number of carbonyl (C=O) groups is 1. The number of aryl methyl sites for hydroxylation is 1. The van der Waals surface area contributed by atoms with Crippen LogP contribution in [0.25, 0.3) is 0 Å². The molecule has 1 heterocycles. The summed E-state index contributed by atoms with van der Waals surface area (Å²) in [5, 5.41) is 6.29. The van der Waals surface area contributed by atoms with Crippen molar-refractivity contribution in [3.05, 3.63) is 29.3 Å². The van der Waals surface area contributed by atoms with Crippen LogP contribution in [0.1, 0.15) is 43.2 Å². The highest BCUT2D eigenvalue weighted by molar-refractivity contribution is 5.82. The maximum absolute atomic E-state index is 12.5. The molecule has 24 heavy (non-hydrogen) atoms. The van der Waals surface area contributed by atoms with Gasteiger partial charge in [0.2, 0.25) is 5.91 Å². The number of carbonyl (C=O) groups excluding carboxylic acids is 1. The number of hydrogen-bond donors (Lipinski definition) is 2. The minimum atomic E-state index is -2.87. The Morgan fingerprint density at radius 2 is 2.17 bits per heavy atom. The van der Waals surface area contributed by atoms with E-state index in [1.807, 2.05) is 6.92 Å². The lowest BCUT2D eigenvalue weighted by Crippen LogP contribution is -2.42. The van der Waals surface area contributed by atoms with Gasteiger partial charge in [-0.2, -0.15) is 8.78 Å². The quantitative estimate of drug-likeness (QED) is 0.867. The van der Waals surface area contributed by atoms with Crippen LogP contribution in [0.2, 0.25) is 0 Å². The van der Waals surface area contributed by atoms with Gasteiger partial charge in [-0.1, -0.05) is 30.5 Å². The normalized spacial score (nSPS) is 26.2. The van der Waals surface area contributed by atoms with Crippen molar-refractivity contribution in [2.24, 2.45) is 5.92 Å². The molecule has 2 fully saturated rings. The van der Waals surface area contributed by atoms with Crippen molar-refractivity contribution >= 4 is 5.91 Å². The second-order valence-electron chi connectivity index (χ2n) is 6.81. The molecule has 2 N–H and O–H groups in total. The minimum Gasteiger partial charge on any atom is -0.434 e. The SMILES string of the molecule is Cc1ccc(OC(F)F)c(CNC(=O)C2CC3CCCCC3N2)c1. The Labute approximate surface area is 141 Å². The van der Waals surface area contributed by atoms with Crippen LogP contribution < -0.4 is 15.4 Å². The van der Waals surface area contributed by atoms with Gasteiger partial charge < -0.3 is 15.4 Å². The van der Waals surface area contributed by atoms with Crippen molar-refractivity contribution in [3.63, 3.8) is 0 Å². The Morgan fingerprint density at radius 3 is 2.92 bits per heavy atom. The van der Waals surface area contributed by atoms with Crippen LogP contribution in [0.5, 0.6) is 5.75 Å². The maximum atomic E-state index is 12.5. The number of benzene rings is 1.